The van der Waals surface area contributed by atoms with Gasteiger partial charge in [0.25, 0.3) is 0 Å². The molecule has 38 heavy (non-hydrogen) atoms. The van der Waals surface area contributed by atoms with Crippen molar-refractivity contribution in [1.82, 2.24) is 15.0 Å². The van der Waals surface area contributed by atoms with E-state index in [1.165, 1.54) is 6.33 Å². The summed E-state index contributed by atoms with van der Waals surface area (Å²) >= 11 is 6.41. The molecule has 0 saturated heterocycles. The topological polar surface area (TPSA) is 107 Å². The highest BCUT2D eigenvalue weighted by atomic mass is 35.5. The summed E-state index contributed by atoms with van der Waals surface area (Å²) in [6, 6.07) is 21.2. The second kappa shape index (κ2) is 11.4. The number of pyridine rings is 1. The van der Waals surface area contributed by atoms with Crippen molar-refractivity contribution in [2.75, 3.05) is 17.7 Å². The van der Waals surface area contributed by atoms with E-state index >= 15 is 0 Å². The Labute approximate surface area is 223 Å². The van der Waals surface area contributed by atoms with E-state index in [1.54, 1.807) is 62.0 Å². The zero-order valence-corrected chi connectivity index (χ0v) is 21.0. The number of nitrogens with one attached hydrogen (secondary N) is 2. The van der Waals surface area contributed by atoms with Crippen LogP contribution in [0.2, 0.25) is 5.02 Å². The molecule has 0 spiro atoms. The van der Waals surface area contributed by atoms with E-state index in [0.717, 1.165) is 5.56 Å². The minimum atomic E-state index is -0.439. The van der Waals surface area contributed by atoms with Crippen LogP contribution in [0.25, 0.3) is 10.9 Å². The maximum Gasteiger partial charge on any atom is 0.323 e. The number of anilines is 2. The Balaban J connectivity index is 1.32. The van der Waals surface area contributed by atoms with Crippen LogP contribution in [-0.4, -0.2) is 28.1 Å². The third-order valence-electron chi connectivity index (χ3n) is 5.46. The molecule has 5 rings (SSSR count). The highest BCUT2D eigenvalue weighted by molar-refractivity contribution is 6.34. The molecule has 2 amide bonds. The second-order valence-electron chi connectivity index (χ2n) is 8.03. The number of hydrogen-bond donors (Lipinski definition) is 2. The zero-order valence-electron chi connectivity index (χ0n) is 20.2. The van der Waals surface area contributed by atoms with Crippen LogP contribution in [0.4, 0.5) is 16.2 Å². The van der Waals surface area contributed by atoms with Gasteiger partial charge in [-0.3, -0.25) is 4.98 Å². The Morgan fingerprint density at radius 1 is 0.921 bits per heavy atom. The SMILES string of the molecule is COc1cc2c(Oc3ccc(NC(=O)Nc4ccncc4)c(Cl)c3)ncnc2cc1OCc1ccccc1. The molecule has 5 aromatic rings. The van der Waals surface area contributed by atoms with Gasteiger partial charge in [-0.2, -0.15) is 0 Å². The summed E-state index contributed by atoms with van der Waals surface area (Å²) < 4.78 is 17.6. The standard InChI is InChI=1S/C28H22ClN5O4/c1-36-25-14-21-24(15-26(25)37-16-18-5-3-2-4-6-18)31-17-32-27(21)38-20-7-8-23(22(29)13-20)34-28(35)33-19-9-11-30-12-10-19/h2-15,17H,16H2,1H3,(H2,30,33,34,35). The van der Waals surface area contributed by atoms with Crippen LogP contribution in [0.1, 0.15) is 5.56 Å². The summed E-state index contributed by atoms with van der Waals surface area (Å²) in [7, 11) is 1.57. The van der Waals surface area contributed by atoms with Crippen LogP contribution >= 0.6 is 11.6 Å². The molecule has 2 N–H and O–H groups in total. The van der Waals surface area contributed by atoms with Gasteiger partial charge >= 0.3 is 6.03 Å². The van der Waals surface area contributed by atoms with Gasteiger partial charge in [0.05, 0.1) is 28.7 Å². The monoisotopic (exact) mass is 527 g/mol. The lowest BCUT2D eigenvalue weighted by atomic mass is 10.2. The number of carbonyl (C=O) groups excluding carboxylic acids is 1. The van der Waals surface area contributed by atoms with Crippen LogP contribution < -0.4 is 24.8 Å². The van der Waals surface area contributed by atoms with Crippen molar-refractivity contribution in [3.8, 4) is 23.1 Å². The maximum atomic E-state index is 12.3. The van der Waals surface area contributed by atoms with Crippen molar-refractivity contribution in [2.45, 2.75) is 6.61 Å². The molecular formula is C28H22ClN5O4. The Morgan fingerprint density at radius 3 is 2.50 bits per heavy atom. The predicted octanol–water partition coefficient (Wildman–Crippen LogP) is 6.70. The van der Waals surface area contributed by atoms with Gasteiger partial charge in [0.1, 0.15) is 18.7 Å². The van der Waals surface area contributed by atoms with E-state index < -0.39 is 6.03 Å². The molecule has 0 aliphatic carbocycles. The fraction of sp³-hybridized carbons (Fsp3) is 0.0714. The minimum absolute atomic E-state index is 0.292. The van der Waals surface area contributed by atoms with Gasteiger partial charge in [0, 0.05) is 30.2 Å². The summed E-state index contributed by atoms with van der Waals surface area (Å²) in [5.74, 6) is 1.82. The molecule has 0 unspecified atom stereocenters. The van der Waals surface area contributed by atoms with Crippen molar-refractivity contribution in [2.24, 2.45) is 0 Å². The quantitative estimate of drug-likeness (QED) is 0.231. The molecule has 3 aromatic carbocycles. The third kappa shape index (κ3) is 5.91. The van der Waals surface area contributed by atoms with Gasteiger partial charge in [-0.15, -0.1) is 0 Å². The Bertz CT molecular complexity index is 1570. The molecule has 190 valence electrons. The van der Waals surface area contributed by atoms with Gasteiger partial charge in [0.2, 0.25) is 5.88 Å². The minimum Gasteiger partial charge on any atom is -0.493 e. The number of carbonyl (C=O) groups is 1. The van der Waals surface area contributed by atoms with Crippen LogP contribution in [0.3, 0.4) is 0 Å². The van der Waals surface area contributed by atoms with Crippen molar-refractivity contribution in [1.29, 1.82) is 0 Å². The van der Waals surface area contributed by atoms with E-state index in [0.29, 0.717) is 57.0 Å². The molecule has 0 fully saturated rings. The number of hydrogen-bond acceptors (Lipinski definition) is 7. The van der Waals surface area contributed by atoms with Gasteiger partial charge in [0.15, 0.2) is 11.5 Å². The smallest absolute Gasteiger partial charge is 0.323 e. The number of urea groups is 1. The number of rotatable bonds is 8. The normalized spacial score (nSPS) is 10.6. The molecular weight excluding hydrogens is 506 g/mol. The van der Waals surface area contributed by atoms with E-state index in [9.17, 15) is 4.79 Å². The Hall–Kier alpha value is -4.89. The van der Waals surface area contributed by atoms with Gasteiger partial charge in [-0.25, -0.2) is 14.8 Å². The first-order valence-corrected chi connectivity index (χ1v) is 11.9. The fourth-order valence-corrected chi connectivity index (χ4v) is 3.84. The van der Waals surface area contributed by atoms with Crippen molar-refractivity contribution >= 4 is 39.9 Å². The largest absolute Gasteiger partial charge is 0.493 e. The number of nitrogens with zero attached hydrogens (tertiary/aromatic N) is 3. The van der Waals surface area contributed by atoms with Crippen LogP contribution in [-0.2, 0) is 6.61 Å². The summed E-state index contributed by atoms with van der Waals surface area (Å²) in [5, 5.41) is 6.34. The van der Waals surface area contributed by atoms with Crippen LogP contribution in [0.5, 0.6) is 23.1 Å². The molecule has 2 aromatic heterocycles. The lowest BCUT2D eigenvalue weighted by Crippen LogP contribution is -2.19. The first-order valence-electron chi connectivity index (χ1n) is 11.5. The van der Waals surface area contributed by atoms with Gasteiger partial charge in [-0.1, -0.05) is 41.9 Å². The molecule has 0 bridgehead atoms. The third-order valence-corrected chi connectivity index (χ3v) is 5.78. The molecule has 0 atom stereocenters. The van der Waals surface area contributed by atoms with Crippen LogP contribution in [0, 0.1) is 0 Å². The summed E-state index contributed by atoms with van der Waals surface area (Å²) in [4.78, 5) is 24.9. The summed E-state index contributed by atoms with van der Waals surface area (Å²) in [6.45, 7) is 0.386. The average Bonchev–Trinajstić information content (AvgIpc) is 2.94. The fourth-order valence-electron chi connectivity index (χ4n) is 3.62. The lowest BCUT2D eigenvalue weighted by Gasteiger charge is -2.14. The highest BCUT2D eigenvalue weighted by Crippen LogP contribution is 2.37. The molecule has 0 radical (unpaired) electrons. The number of amides is 2. The number of aromatic nitrogens is 3. The summed E-state index contributed by atoms with van der Waals surface area (Å²) in [6.07, 6.45) is 4.57. The zero-order chi connectivity index (χ0) is 26.3. The first kappa shape index (κ1) is 24.8. The number of ether oxygens (including phenoxy) is 3. The number of benzene rings is 3. The summed E-state index contributed by atoms with van der Waals surface area (Å²) in [5.41, 5.74) is 2.68. The lowest BCUT2D eigenvalue weighted by molar-refractivity contribution is 0.262. The van der Waals surface area contributed by atoms with E-state index in [4.69, 9.17) is 25.8 Å². The number of fused-ring (bicyclic) bond motifs is 1. The molecule has 0 aliphatic heterocycles. The second-order valence-corrected chi connectivity index (χ2v) is 8.44. The van der Waals surface area contributed by atoms with E-state index in [1.807, 2.05) is 30.3 Å². The van der Waals surface area contributed by atoms with Crippen molar-refractivity contribution < 1.29 is 19.0 Å². The van der Waals surface area contributed by atoms with Crippen molar-refractivity contribution in [3.05, 3.63) is 102 Å². The van der Waals surface area contributed by atoms with E-state index in [-0.39, 0.29) is 0 Å². The molecule has 2 heterocycles. The molecule has 10 heteroatoms. The maximum absolute atomic E-state index is 12.3. The number of methoxy groups -OCH3 is 1. The number of halogens is 1. The van der Waals surface area contributed by atoms with Crippen molar-refractivity contribution in [3.63, 3.8) is 0 Å². The van der Waals surface area contributed by atoms with Gasteiger partial charge in [-0.05, 0) is 35.9 Å². The molecule has 9 nitrogen and oxygen atoms in total. The van der Waals surface area contributed by atoms with Crippen LogP contribution in [0.15, 0.2) is 91.5 Å². The first-order chi connectivity index (χ1) is 18.6. The average molecular weight is 528 g/mol. The highest BCUT2D eigenvalue weighted by Gasteiger charge is 2.14. The molecule has 0 aliphatic rings. The predicted molar refractivity (Wildman–Crippen MR) is 145 cm³/mol. The Kier molecular flexibility index (Phi) is 7.47. The van der Waals surface area contributed by atoms with Gasteiger partial charge < -0.3 is 24.8 Å². The molecule has 0 saturated carbocycles. The Morgan fingerprint density at radius 2 is 1.74 bits per heavy atom. The van der Waals surface area contributed by atoms with E-state index in [2.05, 4.69) is 25.6 Å².